The van der Waals surface area contributed by atoms with Gasteiger partial charge in [0.2, 0.25) is 0 Å². The summed E-state index contributed by atoms with van der Waals surface area (Å²) in [6, 6.07) is 0. The van der Waals surface area contributed by atoms with Gasteiger partial charge in [-0.15, -0.1) is 0 Å². The summed E-state index contributed by atoms with van der Waals surface area (Å²) in [6.07, 6.45) is 17.3. The highest BCUT2D eigenvalue weighted by Gasteiger charge is 1.91. The number of hydrogen-bond donors (Lipinski definition) is 0. The van der Waals surface area contributed by atoms with Gasteiger partial charge in [-0.3, -0.25) is 0 Å². The first-order valence-electron chi connectivity index (χ1n) is 6.81. The summed E-state index contributed by atoms with van der Waals surface area (Å²) in [4.78, 5) is 0. The van der Waals surface area contributed by atoms with Gasteiger partial charge >= 0.3 is 0 Å². The third-order valence-corrected chi connectivity index (χ3v) is 2.76. The lowest BCUT2D eigenvalue weighted by Gasteiger charge is -2.00. The predicted octanol–water partition coefficient (Wildman–Crippen LogP) is 5.68. The van der Waals surface area contributed by atoms with Crippen LogP contribution in [0.1, 0.15) is 85.0 Å². The van der Waals surface area contributed by atoms with Gasteiger partial charge in [0, 0.05) is 0 Å². The second-order valence-corrected chi connectivity index (χ2v) is 4.76. The summed E-state index contributed by atoms with van der Waals surface area (Å²) in [5.41, 5.74) is 1.34. The normalized spacial score (nSPS) is 10.3. The fourth-order valence-corrected chi connectivity index (χ4v) is 1.77. The Kier molecular flexibility index (Phi) is 11.6. The minimum atomic E-state index is 1.16. The van der Waals surface area contributed by atoms with E-state index in [9.17, 15) is 0 Å². The molecule has 89 valence electrons. The first kappa shape index (κ1) is 14.7. The van der Waals surface area contributed by atoms with Crippen molar-refractivity contribution in [3.63, 3.8) is 0 Å². The third kappa shape index (κ3) is 13.7. The molecule has 0 atom stereocenters. The zero-order valence-corrected chi connectivity index (χ0v) is 11.1. The lowest BCUT2D eigenvalue weighted by molar-refractivity contribution is 0.565. The molecule has 0 saturated heterocycles. The molecule has 0 N–H and O–H groups in total. The second-order valence-electron chi connectivity index (χ2n) is 4.76. The van der Waals surface area contributed by atoms with E-state index < -0.39 is 0 Å². The largest absolute Gasteiger partial charge is 0.0730 e. The number of rotatable bonds is 10. The molecule has 0 rings (SSSR count). The lowest BCUT2D eigenvalue weighted by Crippen LogP contribution is -1.81. The van der Waals surface area contributed by atoms with Crippen molar-refractivity contribution < 1.29 is 0 Å². The van der Waals surface area contributed by atoms with Gasteiger partial charge in [0.05, 0.1) is 0 Å². The van der Waals surface area contributed by atoms with Crippen LogP contribution in [0.2, 0.25) is 0 Å². The van der Waals surface area contributed by atoms with Gasteiger partial charge in [-0.25, -0.2) is 0 Å². The molecule has 0 aromatic rings. The molecule has 15 heavy (non-hydrogen) atoms. The van der Waals surface area contributed by atoms with E-state index in [0.717, 1.165) is 6.42 Å². The standard InChI is InChI=1S/C15H29/c1-4-5-6-7-8-9-10-11-12-13-14-15(2)3/h4-13H2,1-3H3. The van der Waals surface area contributed by atoms with Crippen molar-refractivity contribution in [2.75, 3.05) is 0 Å². The Hall–Kier alpha value is -0.260. The molecule has 0 heteroatoms. The first-order valence-corrected chi connectivity index (χ1v) is 6.81. The van der Waals surface area contributed by atoms with Crippen molar-refractivity contribution in [1.82, 2.24) is 0 Å². The Balaban J connectivity index is 2.96. The average Bonchev–Trinajstić information content (AvgIpc) is 2.20. The Morgan fingerprint density at radius 3 is 1.67 bits per heavy atom. The van der Waals surface area contributed by atoms with Crippen LogP contribution in [0, 0.1) is 6.08 Å². The molecular formula is C15H29. The quantitative estimate of drug-likeness (QED) is 0.406. The smallest absolute Gasteiger partial charge is 0.0277 e. The van der Waals surface area contributed by atoms with Crippen molar-refractivity contribution >= 4 is 0 Å². The van der Waals surface area contributed by atoms with E-state index in [4.69, 9.17) is 0 Å². The molecule has 0 heterocycles. The summed E-state index contributed by atoms with van der Waals surface area (Å²) in [6.45, 7) is 6.54. The molecule has 0 unspecified atom stereocenters. The van der Waals surface area contributed by atoms with Crippen molar-refractivity contribution in [1.29, 1.82) is 0 Å². The second kappa shape index (κ2) is 11.8. The highest BCUT2D eigenvalue weighted by atomic mass is 14.0. The van der Waals surface area contributed by atoms with E-state index in [1.165, 1.54) is 63.4 Å². The SMILES string of the molecule is CCCCCCCCCCC[C]=C(C)C. The molecule has 0 aliphatic carbocycles. The molecule has 0 bridgehead atoms. The van der Waals surface area contributed by atoms with Crippen LogP contribution in [-0.2, 0) is 0 Å². The number of unbranched alkanes of at least 4 members (excludes halogenated alkanes) is 9. The molecular weight excluding hydrogens is 180 g/mol. The molecule has 0 saturated carbocycles. The third-order valence-electron chi connectivity index (χ3n) is 2.76. The zero-order chi connectivity index (χ0) is 11.4. The monoisotopic (exact) mass is 209 g/mol. The van der Waals surface area contributed by atoms with E-state index in [1.54, 1.807) is 0 Å². The van der Waals surface area contributed by atoms with Crippen LogP contribution in [0.15, 0.2) is 5.57 Å². The predicted molar refractivity (Wildman–Crippen MR) is 69.9 cm³/mol. The van der Waals surface area contributed by atoms with Gasteiger partial charge in [-0.1, -0.05) is 63.9 Å². The van der Waals surface area contributed by atoms with Crippen LogP contribution in [0.5, 0.6) is 0 Å². The summed E-state index contributed by atoms with van der Waals surface area (Å²) in [5, 5.41) is 0. The Bertz CT molecular complexity index is 140. The van der Waals surface area contributed by atoms with E-state index in [2.05, 4.69) is 26.8 Å². The van der Waals surface area contributed by atoms with Gasteiger partial charge in [0.15, 0.2) is 0 Å². The molecule has 0 aromatic carbocycles. The van der Waals surface area contributed by atoms with Crippen molar-refractivity contribution in [2.45, 2.75) is 85.0 Å². The first-order chi connectivity index (χ1) is 7.27. The Morgan fingerprint density at radius 2 is 1.20 bits per heavy atom. The molecule has 1 radical (unpaired) electrons. The maximum Gasteiger partial charge on any atom is -0.0277 e. The maximum absolute atomic E-state index is 3.38. The van der Waals surface area contributed by atoms with Gasteiger partial charge in [0.1, 0.15) is 0 Å². The minimum Gasteiger partial charge on any atom is -0.0730 e. The molecule has 0 amide bonds. The number of hydrogen-bond acceptors (Lipinski definition) is 0. The van der Waals surface area contributed by atoms with Gasteiger partial charge in [-0.2, -0.15) is 0 Å². The van der Waals surface area contributed by atoms with Crippen molar-refractivity contribution in [2.24, 2.45) is 0 Å². The topological polar surface area (TPSA) is 0 Å². The fraction of sp³-hybridized carbons (Fsp3) is 0.867. The van der Waals surface area contributed by atoms with Crippen LogP contribution >= 0.6 is 0 Å². The lowest BCUT2D eigenvalue weighted by atomic mass is 10.1. The highest BCUT2D eigenvalue weighted by Crippen LogP contribution is 2.10. The summed E-state index contributed by atoms with van der Waals surface area (Å²) < 4.78 is 0. The zero-order valence-electron chi connectivity index (χ0n) is 11.1. The summed E-state index contributed by atoms with van der Waals surface area (Å²) >= 11 is 0. The molecule has 0 aliphatic rings. The molecule has 0 aromatic heterocycles. The fourth-order valence-electron chi connectivity index (χ4n) is 1.77. The Labute approximate surface area is 97.2 Å². The molecule has 0 fully saturated rings. The number of allylic oxidation sites excluding steroid dienone is 2. The summed E-state index contributed by atoms with van der Waals surface area (Å²) in [7, 11) is 0. The van der Waals surface area contributed by atoms with Crippen molar-refractivity contribution in [3.05, 3.63) is 11.6 Å². The highest BCUT2D eigenvalue weighted by molar-refractivity contribution is 4.85. The van der Waals surface area contributed by atoms with Crippen LogP contribution in [-0.4, -0.2) is 0 Å². The average molecular weight is 209 g/mol. The van der Waals surface area contributed by atoms with Crippen LogP contribution in [0.25, 0.3) is 0 Å². The molecule has 0 aliphatic heterocycles. The molecule has 0 nitrogen and oxygen atoms in total. The van der Waals surface area contributed by atoms with E-state index in [1.807, 2.05) is 0 Å². The summed E-state index contributed by atoms with van der Waals surface area (Å²) in [5.74, 6) is 0. The van der Waals surface area contributed by atoms with Crippen LogP contribution < -0.4 is 0 Å². The van der Waals surface area contributed by atoms with Crippen LogP contribution in [0.3, 0.4) is 0 Å². The van der Waals surface area contributed by atoms with Gasteiger partial charge < -0.3 is 0 Å². The molecule has 0 spiro atoms. The Morgan fingerprint density at radius 1 is 0.733 bits per heavy atom. The van der Waals surface area contributed by atoms with E-state index >= 15 is 0 Å². The van der Waals surface area contributed by atoms with Crippen molar-refractivity contribution in [3.8, 4) is 0 Å². The van der Waals surface area contributed by atoms with Gasteiger partial charge in [-0.05, 0) is 32.8 Å². The minimum absolute atomic E-state index is 1.16. The van der Waals surface area contributed by atoms with E-state index in [0.29, 0.717) is 0 Å². The van der Waals surface area contributed by atoms with Crippen LogP contribution in [0.4, 0.5) is 0 Å². The van der Waals surface area contributed by atoms with Gasteiger partial charge in [0.25, 0.3) is 0 Å². The van der Waals surface area contributed by atoms with E-state index in [-0.39, 0.29) is 0 Å². The maximum atomic E-state index is 3.38.